The van der Waals surface area contributed by atoms with Crippen LogP contribution < -0.4 is 5.32 Å². The van der Waals surface area contributed by atoms with Crippen molar-refractivity contribution in [3.63, 3.8) is 0 Å². The van der Waals surface area contributed by atoms with Crippen molar-refractivity contribution in [3.8, 4) is 0 Å². The standard InChI is InChI=1S/C18H27FN2O/c1-14(12-15-8-4-5-9-16(15)19)17(22)20-13-18(2,3)21-10-6-7-11-21/h4-5,8-9,14H,6-7,10-13H2,1-3H3,(H,20,22). The molecule has 0 saturated carbocycles. The van der Waals surface area contributed by atoms with Crippen LogP contribution in [-0.4, -0.2) is 36.0 Å². The second-order valence-corrected chi connectivity index (χ2v) is 6.92. The van der Waals surface area contributed by atoms with Gasteiger partial charge in [-0.3, -0.25) is 9.69 Å². The molecular weight excluding hydrogens is 279 g/mol. The monoisotopic (exact) mass is 306 g/mol. The average molecular weight is 306 g/mol. The first kappa shape index (κ1) is 16.9. The van der Waals surface area contributed by atoms with Crippen LogP contribution in [0.2, 0.25) is 0 Å². The fourth-order valence-corrected chi connectivity index (χ4v) is 3.00. The molecule has 2 rings (SSSR count). The number of likely N-dealkylation sites (tertiary alicyclic amines) is 1. The van der Waals surface area contributed by atoms with Crippen molar-refractivity contribution >= 4 is 5.91 Å². The number of halogens is 1. The Morgan fingerprint density at radius 3 is 2.59 bits per heavy atom. The van der Waals surface area contributed by atoms with Crippen LogP contribution in [0, 0.1) is 11.7 Å². The first-order chi connectivity index (χ1) is 10.4. The lowest BCUT2D eigenvalue weighted by molar-refractivity contribution is -0.125. The van der Waals surface area contributed by atoms with Crippen molar-refractivity contribution in [1.29, 1.82) is 0 Å². The lowest BCUT2D eigenvalue weighted by atomic mass is 9.98. The van der Waals surface area contributed by atoms with Crippen LogP contribution in [0.15, 0.2) is 24.3 Å². The van der Waals surface area contributed by atoms with E-state index in [9.17, 15) is 9.18 Å². The van der Waals surface area contributed by atoms with Gasteiger partial charge in [-0.25, -0.2) is 4.39 Å². The highest BCUT2D eigenvalue weighted by Gasteiger charge is 2.29. The Morgan fingerprint density at radius 1 is 1.32 bits per heavy atom. The number of rotatable bonds is 6. The van der Waals surface area contributed by atoms with Crippen molar-refractivity contribution < 1.29 is 9.18 Å². The Labute approximate surface area is 132 Å². The summed E-state index contributed by atoms with van der Waals surface area (Å²) in [6.45, 7) is 9.03. The zero-order chi connectivity index (χ0) is 16.2. The molecule has 1 unspecified atom stereocenters. The molecule has 0 aliphatic carbocycles. The SMILES string of the molecule is CC(Cc1ccccc1F)C(=O)NCC(C)(C)N1CCCC1. The van der Waals surface area contributed by atoms with Gasteiger partial charge in [-0.1, -0.05) is 25.1 Å². The number of benzene rings is 1. The minimum atomic E-state index is -0.237. The Kier molecular flexibility index (Phi) is 5.57. The first-order valence-corrected chi connectivity index (χ1v) is 8.16. The lowest BCUT2D eigenvalue weighted by Crippen LogP contribution is -2.51. The molecule has 1 aliphatic rings. The normalized spacial score (nSPS) is 17.5. The quantitative estimate of drug-likeness (QED) is 0.876. The molecule has 0 bridgehead atoms. The van der Waals surface area contributed by atoms with E-state index in [-0.39, 0.29) is 23.2 Å². The van der Waals surface area contributed by atoms with E-state index in [4.69, 9.17) is 0 Å². The van der Waals surface area contributed by atoms with Gasteiger partial charge in [0.1, 0.15) is 5.82 Å². The summed E-state index contributed by atoms with van der Waals surface area (Å²) in [5.74, 6) is -0.471. The van der Waals surface area contributed by atoms with Crippen LogP contribution >= 0.6 is 0 Å². The Hall–Kier alpha value is -1.42. The molecule has 0 spiro atoms. The van der Waals surface area contributed by atoms with E-state index in [1.165, 1.54) is 18.9 Å². The highest BCUT2D eigenvalue weighted by molar-refractivity contribution is 5.78. The van der Waals surface area contributed by atoms with Crippen LogP contribution in [-0.2, 0) is 11.2 Å². The van der Waals surface area contributed by atoms with E-state index >= 15 is 0 Å². The fourth-order valence-electron chi connectivity index (χ4n) is 3.00. The summed E-state index contributed by atoms with van der Waals surface area (Å²) in [4.78, 5) is 14.7. The van der Waals surface area contributed by atoms with Gasteiger partial charge in [0.2, 0.25) is 5.91 Å². The molecule has 1 saturated heterocycles. The predicted molar refractivity (Wildman–Crippen MR) is 87.2 cm³/mol. The maximum absolute atomic E-state index is 13.7. The third-order valence-corrected chi connectivity index (χ3v) is 4.59. The molecule has 0 aromatic heterocycles. The molecule has 1 amide bonds. The molecule has 3 nitrogen and oxygen atoms in total. The minimum Gasteiger partial charge on any atom is -0.354 e. The number of nitrogens with one attached hydrogen (secondary N) is 1. The van der Waals surface area contributed by atoms with Gasteiger partial charge >= 0.3 is 0 Å². The lowest BCUT2D eigenvalue weighted by Gasteiger charge is -2.35. The highest BCUT2D eigenvalue weighted by atomic mass is 19.1. The number of carbonyl (C=O) groups excluding carboxylic acids is 1. The van der Waals surface area contributed by atoms with Crippen molar-refractivity contribution in [1.82, 2.24) is 10.2 Å². The minimum absolute atomic E-state index is 0.00414. The predicted octanol–water partition coefficient (Wildman–Crippen LogP) is 2.99. The van der Waals surface area contributed by atoms with Crippen LogP contribution in [0.5, 0.6) is 0 Å². The van der Waals surface area contributed by atoms with Crippen LogP contribution in [0.25, 0.3) is 0 Å². The average Bonchev–Trinajstić information content (AvgIpc) is 3.02. The smallest absolute Gasteiger partial charge is 0.223 e. The first-order valence-electron chi connectivity index (χ1n) is 8.16. The second-order valence-electron chi connectivity index (χ2n) is 6.92. The largest absolute Gasteiger partial charge is 0.354 e. The van der Waals surface area contributed by atoms with E-state index < -0.39 is 0 Å². The Bertz CT molecular complexity index is 510. The molecule has 122 valence electrons. The van der Waals surface area contributed by atoms with E-state index in [1.807, 2.05) is 6.92 Å². The molecule has 1 aromatic rings. The van der Waals surface area contributed by atoms with Gasteiger partial charge in [0, 0.05) is 18.0 Å². The molecule has 0 radical (unpaired) electrons. The third-order valence-electron chi connectivity index (χ3n) is 4.59. The van der Waals surface area contributed by atoms with Gasteiger partial charge in [-0.2, -0.15) is 0 Å². The second kappa shape index (κ2) is 7.23. The molecular formula is C18H27FN2O. The van der Waals surface area contributed by atoms with Crippen molar-refractivity contribution in [2.24, 2.45) is 5.92 Å². The van der Waals surface area contributed by atoms with Gasteiger partial charge in [-0.15, -0.1) is 0 Å². The number of nitrogens with zero attached hydrogens (tertiary/aromatic N) is 1. The topological polar surface area (TPSA) is 32.3 Å². The summed E-state index contributed by atoms with van der Waals surface area (Å²) >= 11 is 0. The van der Waals surface area contributed by atoms with E-state index in [2.05, 4.69) is 24.1 Å². The van der Waals surface area contributed by atoms with Crippen molar-refractivity contribution in [2.75, 3.05) is 19.6 Å². The summed E-state index contributed by atoms with van der Waals surface area (Å²) < 4.78 is 13.7. The molecule has 4 heteroatoms. The Balaban J connectivity index is 1.85. The zero-order valence-corrected chi connectivity index (χ0v) is 13.9. The number of carbonyl (C=O) groups is 1. The van der Waals surface area contributed by atoms with Gasteiger partial charge in [0.05, 0.1) is 0 Å². The number of amides is 1. The van der Waals surface area contributed by atoms with Crippen LogP contribution in [0.1, 0.15) is 39.2 Å². The van der Waals surface area contributed by atoms with Crippen LogP contribution in [0.4, 0.5) is 4.39 Å². The molecule has 22 heavy (non-hydrogen) atoms. The summed E-state index contributed by atoms with van der Waals surface area (Å²) in [6, 6.07) is 6.66. The van der Waals surface area contributed by atoms with Crippen molar-refractivity contribution in [3.05, 3.63) is 35.6 Å². The van der Waals surface area contributed by atoms with Crippen LogP contribution in [0.3, 0.4) is 0 Å². The third kappa shape index (κ3) is 4.29. The number of hydrogen-bond donors (Lipinski definition) is 1. The highest BCUT2D eigenvalue weighted by Crippen LogP contribution is 2.20. The number of hydrogen-bond acceptors (Lipinski definition) is 2. The van der Waals surface area contributed by atoms with Crippen molar-refractivity contribution in [2.45, 2.75) is 45.6 Å². The Morgan fingerprint density at radius 2 is 1.95 bits per heavy atom. The zero-order valence-electron chi connectivity index (χ0n) is 13.9. The fraction of sp³-hybridized carbons (Fsp3) is 0.611. The maximum Gasteiger partial charge on any atom is 0.223 e. The molecule has 1 N–H and O–H groups in total. The van der Waals surface area contributed by atoms with Gasteiger partial charge in [0.15, 0.2) is 0 Å². The maximum atomic E-state index is 13.7. The van der Waals surface area contributed by atoms with Gasteiger partial charge in [0.25, 0.3) is 0 Å². The van der Waals surface area contributed by atoms with Gasteiger partial charge < -0.3 is 5.32 Å². The molecule has 1 aliphatic heterocycles. The molecule has 1 atom stereocenters. The summed E-state index contributed by atoms with van der Waals surface area (Å²) in [5, 5.41) is 3.04. The van der Waals surface area contributed by atoms with E-state index in [0.29, 0.717) is 18.5 Å². The summed E-state index contributed by atoms with van der Waals surface area (Å²) in [6.07, 6.45) is 2.91. The summed E-state index contributed by atoms with van der Waals surface area (Å²) in [7, 11) is 0. The molecule has 1 aromatic carbocycles. The molecule has 1 fully saturated rings. The molecule has 1 heterocycles. The van der Waals surface area contributed by atoms with Gasteiger partial charge in [-0.05, 0) is 57.8 Å². The summed E-state index contributed by atoms with van der Waals surface area (Å²) in [5.41, 5.74) is 0.577. The van der Waals surface area contributed by atoms with E-state index in [0.717, 1.165) is 13.1 Å². The van der Waals surface area contributed by atoms with E-state index in [1.54, 1.807) is 18.2 Å².